The van der Waals surface area contributed by atoms with E-state index in [0.717, 1.165) is 16.2 Å². The molecular weight excluding hydrogens is 220 g/mol. The maximum absolute atomic E-state index is 12.1. The smallest absolute Gasteiger partial charge is 0.195 e. The molecule has 0 spiro atoms. The van der Waals surface area contributed by atoms with E-state index in [-0.39, 0.29) is 0 Å². The van der Waals surface area contributed by atoms with Gasteiger partial charge in [-0.25, -0.2) is 0 Å². The van der Waals surface area contributed by atoms with Crippen molar-refractivity contribution in [3.8, 4) is 11.5 Å². The summed E-state index contributed by atoms with van der Waals surface area (Å²) in [5.41, 5.74) is 0.997. The van der Waals surface area contributed by atoms with Crippen LogP contribution in [0.1, 0.15) is 5.56 Å². The van der Waals surface area contributed by atoms with Crippen LogP contribution in [0.15, 0.2) is 53.4 Å². The van der Waals surface area contributed by atoms with E-state index in [1.165, 1.54) is 0 Å². The van der Waals surface area contributed by atoms with Gasteiger partial charge in [-0.3, -0.25) is 0 Å². The lowest BCUT2D eigenvalue weighted by Crippen LogP contribution is -2.02. The average molecular weight is 230 g/mol. The molecule has 0 bridgehead atoms. The van der Waals surface area contributed by atoms with E-state index in [4.69, 9.17) is 4.74 Å². The zero-order valence-corrected chi connectivity index (χ0v) is 9.37. The van der Waals surface area contributed by atoms with E-state index in [1.54, 1.807) is 0 Å². The number of fused-ring (bicyclic) bond motifs is 2. The molecule has 0 saturated heterocycles. The molecule has 3 rings (SSSR count). The summed E-state index contributed by atoms with van der Waals surface area (Å²) in [6.07, 6.45) is 0. The summed E-state index contributed by atoms with van der Waals surface area (Å²) < 4.78 is 17.9. The van der Waals surface area contributed by atoms with Crippen molar-refractivity contribution in [2.24, 2.45) is 0 Å². The van der Waals surface area contributed by atoms with Crippen LogP contribution in [0.5, 0.6) is 11.5 Å². The molecule has 0 aromatic heterocycles. The molecule has 0 radical (unpaired) electrons. The molecule has 3 heteroatoms. The van der Waals surface area contributed by atoms with Crippen LogP contribution >= 0.6 is 0 Å². The van der Waals surface area contributed by atoms with Crippen molar-refractivity contribution in [2.75, 3.05) is 0 Å². The summed E-state index contributed by atoms with van der Waals surface area (Å²) in [4.78, 5) is 0.777. The molecule has 0 saturated carbocycles. The minimum absolute atomic E-state index is 0.521. The predicted molar refractivity (Wildman–Crippen MR) is 63.1 cm³/mol. The molecule has 1 atom stereocenters. The molecule has 16 heavy (non-hydrogen) atoms. The third-order valence-corrected chi connectivity index (χ3v) is 3.97. The highest BCUT2D eigenvalue weighted by molar-refractivity contribution is 7.90. The summed E-state index contributed by atoms with van der Waals surface area (Å²) in [6, 6.07) is 15.2. The van der Waals surface area contributed by atoms with Gasteiger partial charge in [0.15, 0.2) is 10.6 Å². The van der Waals surface area contributed by atoms with Crippen LogP contribution in [-0.4, -0.2) is 4.55 Å². The fraction of sp³-hybridized carbons (Fsp3) is 0.0769. The summed E-state index contributed by atoms with van der Waals surface area (Å²) in [5.74, 6) is 2.03. The molecule has 0 fully saturated rings. The van der Waals surface area contributed by atoms with Gasteiger partial charge in [0.05, 0.1) is 0 Å². The Bertz CT molecular complexity index is 525. The second kappa shape index (κ2) is 3.85. The number of hydrogen-bond donors (Lipinski definition) is 0. The first-order valence-electron chi connectivity index (χ1n) is 5.08. The van der Waals surface area contributed by atoms with E-state index in [2.05, 4.69) is 0 Å². The van der Waals surface area contributed by atoms with Gasteiger partial charge >= 0.3 is 0 Å². The Hall–Kier alpha value is -1.45. The Morgan fingerprint density at radius 1 is 0.938 bits per heavy atom. The fourth-order valence-corrected chi connectivity index (χ4v) is 3.02. The van der Waals surface area contributed by atoms with Crippen LogP contribution in [-0.2, 0) is 16.9 Å². The zero-order valence-electron chi connectivity index (χ0n) is 8.55. The van der Waals surface area contributed by atoms with E-state index in [0.29, 0.717) is 11.5 Å². The van der Waals surface area contributed by atoms with Gasteiger partial charge in [-0.1, -0.05) is 30.3 Å². The van der Waals surface area contributed by atoms with Crippen LogP contribution in [0.25, 0.3) is 0 Å². The molecule has 80 valence electrons. The third kappa shape index (κ3) is 1.58. The van der Waals surface area contributed by atoms with E-state index in [9.17, 15) is 4.55 Å². The second-order valence-electron chi connectivity index (χ2n) is 3.65. The molecule has 1 aliphatic heterocycles. The molecule has 2 nitrogen and oxygen atoms in total. The minimum Gasteiger partial charge on any atom is -0.611 e. The van der Waals surface area contributed by atoms with Gasteiger partial charge in [0.2, 0.25) is 0 Å². The van der Waals surface area contributed by atoms with Crippen molar-refractivity contribution in [2.45, 2.75) is 10.6 Å². The molecule has 1 heterocycles. The summed E-state index contributed by atoms with van der Waals surface area (Å²) in [7, 11) is 0. The van der Waals surface area contributed by atoms with Crippen molar-refractivity contribution in [3.63, 3.8) is 0 Å². The highest BCUT2D eigenvalue weighted by Crippen LogP contribution is 2.36. The Kier molecular flexibility index (Phi) is 2.35. The topological polar surface area (TPSA) is 32.3 Å². The van der Waals surface area contributed by atoms with Crippen molar-refractivity contribution >= 4 is 11.2 Å². The standard InChI is InChI=1S/C13H10O2S/c14-16-9-10-5-1-2-6-11(10)15-12-7-3-4-8-13(12)16/h1-8H,9H2. The Labute approximate surface area is 97.1 Å². The first kappa shape index (κ1) is 9.75. The lowest BCUT2D eigenvalue weighted by Gasteiger charge is -2.08. The lowest BCUT2D eigenvalue weighted by molar-refractivity contribution is 0.468. The number of para-hydroxylation sites is 2. The van der Waals surface area contributed by atoms with Gasteiger partial charge in [0, 0.05) is 5.56 Å². The second-order valence-corrected chi connectivity index (χ2v) is 5.07. The van der Waals surface area contributed by atoms with E-state index in [1.807, 2.05) is 48.5 Å². The van der Waals surface area contributed by atoms with Gasteiger partial charge in [0.1, 0.15) is 11.5 Å². The van der Waals surface area contributed by atoms with Gasteiger partial charge in [-0.05, 0) is 29.4 Å². The van der Waals surface area contributed by atoms with Crippen LogP contribution in [0, 0.1) is 0 Å². The molecule has 2 aromatic carbocycles. The molecule has 1 aliphatic rings. The maximum atomic E-state index is 12.1. The quantitative estimate of drug-likeness (QED) is 0.651. The normalized spacial score (nSPS) is 17.9. The first-order chi connectivity index (χ1) is 7.84. The van der Waals surface area contributed by atoms with Gasteiger partial charge < -0.3 is 9.29 Å². The Morgan fingerprint density at radius 2 is 1.62 bits per heavy atom. The first-order valence-corrected chi connectivity index (χ1v) is 6.39. The SMILES string of the molecule is [O-][S+]1Cc2ccccc2Oc2ccccc21. The molecule has 0 N–H and O–H groups in total. The van der Waals surface area contributed by atoms with Crippen molar-refractivity contribution < 1.29 is 9.29 Å². The third-order valence-electron chi connectivity index (χ3n) is 2.57. The average Bonchev–Trinajstić information content (AvgIpc) is 2.45. The molecular formula is C13H10O2S. The summed E-state index contributed by atoms with van der Waals surface area (Å²) >= 11 is -1.02. The summed E-state index contributed by atoms with van der Waals surface area (Å²) in [6.45, 7) is 0. The number of benzene rings is 2. The Balaban J connectivity index is 2.15. The maximum Gasteiger partial charge on any atom is 0.195 e. The van der Waals surface area contributed by atoms with Gasteiger partial charge in [-0.15, -0.1) is 0 Å². The highest BCUT2D eigenvalue weighted by atomic mass is 32.2. The molecule has 0 amide bonds. The number of rotatable bonds is 0. The van der Waals surface area contributed by atoms with Crippen molar-refractivity contribution in [1.82, 2.24) is 0 Å². The van der Waals surface area contributed by atoms with Crippen molar-refractivity contribution in [3.05, 3.63) is 54.1 Å². The number of ether oxygens (including phenoxy) is 1. The van der Waals surface area contributed by atoms with Gasteiger partial charge in [-0.2, -0.15) is 0 Å². The Morgan fingerprint density at radius 3 is 2.50 bits per heavy atom. The monoisotopic (exact) mass is 230 g/mol. The van der Waals surface area contributed by atoms with E-state index < -0.39 is 11.2 Å². The van der Waals surface area contributed by atoms with Gasteiger partial charge in [0.25, 0.3) is 0 Å². The predicted octanol–water partition coefficient (Wildman–Crippen LogP) is 3.10. The molecule has 2 aromatic rings. The van der Waals surface area contributed by atoms with E-state index >= 15 is 0 Å². The molecule has 0 aliphatic carbocycles. The minimum atomic E-state index is -1.02. The van der Waals surface area contributed by atoms with Crippen molar-refractivity contribution in [1.29, 1.82) is 0 Å². The van der Waals surface area contributed by atoms with Crippen LogP contribution in [0.2, 0.25) is 0 Å². The van der Waals surface area contributed by atoms with Crippen LogP contribution < -0.4 is 4.74 Å². The zero-order chi connectivity index (χ0) is 11.0. The summed E-state index contributed by atoms with van der Waals surface area (Å²) in [5, 5.41) is 0. The largest absolute Gasteiger partial charge is 0.611 e. The van der Waals surface area contributed by atoms with Crippen LogP contribution in [0.4, 0.5) is 0 Å². The molecule has 1 unspecified atom stereocenters. The fourth-order valence-electron chi connectivity index (χ4n) is 1.78. The van der Waals surface area contributed by atoms with Crippen LogP contribution in [0.3, 0.4) is 0 Å². The number of hydrogen-bond acceptors (Lipinski definition) is 2. The lowest BCUT2D eigenvalue weighted by atomic mass is 10.2. The highest BCUT2D eigenvalue weighted by Gasteiger charge is 2.24.